The van der Waals surface area contributed by atoms with E-state index in [-0.39, 0.29) is 22.6 Å². The number of phenols is 1. The maximum atomic E-state index is 12.3. The summed E-state index contributed by atoms with van der Waals surface area (Å²) in [5.74, 6) is 1.14. The smallest absolute Gasteiger partial charge is 0.412 e. The van der Waals surface area contributed by atoms with Crippen molar-refractivity contribution >= 4 is 35.0 Å². The molecule has 3 unspecified atom stereocenters. The molecule has 1 aliphatic rings. The van der Waals surface area contributed by atoms with Gasteiger partial charge in [-0.3, -0.25) is 5.32 Å². The number of ether oxygens (including phenoxy) is 1. The molecular formula is C18H25Cl2NO3. The quantitative estimate of drug-likeness (QED) is 0.637. The van der Waals surface area contributed by atoms with Gasteiger partial charge in [-0.15, -0.1) is 0 Å². The molecule has 0 heterocycles. The summed E-state index contributed by atoms with van der Waals surface area (Å²) in [7, 11) is 0. The van der Waals surface area contributed by atoms with Gasteiger partial charge in [0.25, 0.3) is 0 Å². The second kappa shape index (κ2) is 7.83. The van der Waals surface area contributed by atoms with Gasteiger partial charge in [-0.1, -0.05) is 50.4 Å². The highest BCUT2D eigenvalue weighted by atomic mass is 35.5. The van der Waals surface area contributed by atoms with Crippen LogP contribution in [0, 0.1) is 24.7 Å². The lowest BCUT2D eigenvalue weighted by Gasteiger charge is -2.36. The summed E-state index contributed by atoms with van der Waals surface area (Å²) in [6, 6.07) is 1.47. The highest BCUT2D eigenvalue weighted by Gasteiger charge is 2.33. The molecule has 2 rings (SSSR count). The van der Waals surface area contributed by atoms with Crippen LogP contribution >= 0.6 is 23.2 Å². The normalized spacial score (nSPS) is 24.0. The SMILES string of the molecule is Cc1c(Cl)cc(NC(=O)OC2CC(C)CCC2C(C)C)c(O)c1Cl. The monoisotopic (exact) mass is 373 g/mol. The molecule has 0 bridgehead atoms. The predicted octanol–water partition coefficient (Wildman–Crippen LogP) is 6.02. The molecule has 0 radical (unpaired) electrons. The lowest BCUT2D eigenvalue weighted by Crippen LogP contribution is -2.37. The Balaban J connectivity index is 2.10. The average Bonchev–Trinajstić information content (AvgIpc) is 2.50. The Morgan fingerprint density at radius 1 is 1.38 bits per heavy atom. The number of hydrogen-bond acceptors (Lipinski definition) is 3. The van der Waals surface area contributed by atoms with Crippen molar-refractivity contribution in [2.45, 2.75) is 53.1 Å². The van der Waals surface area contributed by atoms with Gasteiger partial charge < -0.3 is 9.84 Å². The van der Waals surface area contributed by atoms with Crippen molar-refractivity contribution < 1.29 is 14.6 Å². The Kier molecular flexibility index (Phi) is 6.27. The van der Waals surface area contributed by atoms with Crippen LogP contribution in [0.1, 0.15) is 45.6 Å². The Bertz CT molecular complexity index is 619. The predicted molar refractivity (Wildman–Crippen MR) is 98.1 cm³/mol. The summed E-state index contributed by atoms with van der Waals surface area (Å²) >= 11 is 12.1. The summed E-state index contributed by atoms with van der Waals surface area (Å²) in [5.41, 5.74) is 0.723. The zero-order chi connectivity index (χ0) is 18.0. The van der Waals surface area contributed by atoms with Gasteiger partial charge in [0.2, 0.25) is 0 Å². The lowest BCUT2D eigenvalue weighted by atomic mass is 9.75. The molecule has 2 N–H and O–H groups in total. The van der Waals surface area contributed by atoms with Crippen molar-refractivity contribution in [3.05, 3.63) is 21.7 Å². The molecule has 6 heteroatoms. The molecule has 1 aromatic carbocycles. The summed E-state index contributed by atoms with van der Waals surface area (Å²) in [5, 5.41) is 13.1. The van der Waals surface area contributed by atoms with Crippen molar-refractivity contribution in [3.63, 3.8) is 0 Å². The third-order valence-electron chi connectivity index (χ3n) is 4.88. The minimum Gasteiger partial charge on any atom is -0.504 e. The molecule has 1 fully saturated rings. The van der Waals surface area contributed by atoms with E-state index >= 15 is 0 Å². The van der Waals surface area contributed by atoms with Gasteiger partial charge in [0.05, 0.1) is 10.7 Å². The van der Waals surface area contributed by atoms with E-state index in [2.05, 4.69) is 26.1 Å². The van der Waals surface area contributed by atoms with E-state index in [4.69, 9.17) is 27.9 Å². The van der Waals surface area contributed by atoms with Crippen LogP contribution in [0.4, 0.5) is 10.5 Å². The number of nitrogens with one attached hydrogen (secondary N) is 1. The Morgan fingerprint density at radius 2 is 2.04 bits per heavy atom. The number of rotatable bonds is 3. The van der Waals surface area contributed by atoms with Gasteiger partial charge in [0.15, 0.2) is 5.75 Å². The average molecular weight is 374 g/mol. The van der Waals surface area contributed by atoms with E-state index in [0.717, 1.165) is 19.3 Å². The van der Waals surface area contributed by atoms with E-state index in [9.17, 15) is 9.90 Å². The second-order valence-corrected chi connectivity index (χ2v) is 7.87. The number of phenolic OH excluding ortho intramolecular Hbond substituents is 1. The third-order valence-corrected chi connectivity index (χ3v) is 5.73. The zero-order valence-electron chi connectivity index (χ0n) is 14.5. The number of carbonyl (C=O) groups excluding carboxylic acids is 1. The van der Waals surface area contributed by atoms with Crippen LogP contribution in [0.25, 0.3) is 0 Å². The van der Waals surface area contributed by atoms with E-state index in [1.54, 1.807) is 6.92 Å². The largest absolute Gasteiger partial charge is 0.504 e. The summed E-state index contributed by atoms with van der Waals surface area (Å²) in [6.45, 7) is 8.18. The minimum absolute atomic E-state index is 0.118. The maximum Gasteiger partial charge on any atom is 0.412 e. The topological polar surface area (TPSA) is 58.6 Å². The molecule has 1 saturated carbocycles. The van der Waals surface area contributed by atoms with Gasteiger partial charge >= 0.3 is 6.09 Å². The number of aromatic hydroxyl groups is 1. The van der Waals surface area contributed by atoms with Crippen molar-refractivity contribution in [1.29, 1.82) is 0 Å². The summed E-state index contributed by atoms with van der Waals surface area (Å²) in [6.07, 6.45) is 2.37. The molecule has 1 aromatic rings. The number of anilines is 1. The standard InChI is InChI=1S/C18H25Cl2NO3/c1-9(2)12-6-5-10(3)7-15(12)24-18(23)21-14-8-13(19)11(4)16(20)17(14)22/h8-10,12,15,22H,5-7H2,1-4H3,(H,21,23). The summed E-state index contributed by atoms with van der Waals surface area (Å²) < 4.78 is 5.66. The molecule has 24 heavy (non-hydrogen) atoms. The molecule has 1 aliphatic carbocycles. The minimum atomic E-state index is -0.592. The van der Waals surface area contributed by atoms with Crippen LogP contribution < -0.4 is 5.32 Å². The molecule has 134 valence electrons. The van der Waals surface area contributed by atoms with E-state index in [0.29, 0.717) is 28.3 Å². The maximum absolute atomic E-state index is 12.3. The van der Waals surface area contributed by atoms with Crippen molar-refractivity contribution in [1.82, 2.24) is 0 Å². The highest BCUT2D eigenvalue weighted by Crippen LogP contribution is 2.39. The molecule has 0 spiro atoms. The van der Waals surface area contributed by atoms with Gasteiger partial charge in [0, 0.05) is 5.02 Å². The van der Waals surface area contributed by atoms with Crippen LogP contribution in [-0.4, -0.2) is 17.3 Å². The van der Waals surface area contributed by atoms with Crippen LogP contribution in [-0.2, 0) is 4.74 Å². The number of carbonyl (C=O) groups is 1. The van der Waals surface area contributed by atoms with Crippen molar-refractivity contribution in [2.24, 2.45) is 17.8 Å². The van der Waals surface area contributed by atoms with Gasteiger partial charge in [0.1, 0.15) is 6.10 Å². The van der Waals surface area contributed by atoms with Gasteiger partial charge in [-0.05, 0) is 49.1 Å². The first-order chi connectivity index (χ1) is 11.2. The first-order valence-electron chi connectivity index (χ1n) is 8.35. The molecule has 0 aliphatic heterocycles. The van der Waals surface area contributed by atoms with Gasteiger partial charge in [-0.25, -0.2) is 4.79 Å². The van der Waals surface area contributed by atoms with Gasteiger partial charge in [-0.2, -0.15) is 0 Å². The lowest BCUT2D eigenvalue weighted by molar-refractivity contribution is 0.0126. The first kappa shape index (κ1) is 19.2. The van der Waals surface area contributed by atoms with Crippen molar-refractivity contribution in [3.8, 4) is 5.75 Å². The number of hydrogen-bond donors (Lipinski definition) is 2. The first-order valence-corrected chi connectivity index (χ1v) is 9.11. The fraction of sp³-hybridized carbons (Fsp3) is 0.611. The van der Waals surface area contributed by atoms with Crippen molar-refractivity contribution in [2.75, 3.05) is 5.32 Å². The highest BCUT2D eigenvalue weighted by molar-refractivity contribution is 6.37. The Morgan fingerprint density at radius 3 is 2.67 bits per heavy atom. The zero-order valence-corrected chi connectivity index (χ0v) is 16.0. The molecular weight excluding hydrogens is 349 g/mol. The van der Waals surface area contributed by atoms with E-state index in [1.807, 2.05) is 0 Å². The fourth-order valence-electron chi connectivity index (χ4n) is 3.33. The molecule has 0 saturated heterocycles. The number of halogens is 2. The second-order valence-electron chi connectivity index (χ2n) is 7.09. The van der Waals surface area contributed by atoms with Crippen LogP contribution in [0.2, 0.25) is 10.0 Å². The molecule has 1 amide bonds. The molecule has 0 aromatic heterocycles. The Hall–Kier alpha value is -1.13. The van der Waals surface area contributed by atoms with E-state index in [1.165, 1.54) is 6.07 Å². The van der Waals surface area contributed by atoms with Crippen LogP contribution in [0.3, 0.4) is 0 Å². The summed E-state index contributed by atoms with van der Waals surface area (Å²) in [4.78, 5) is 12.3. The number of amides is 1. The third kappa shape index (κ3) is 4.28. The Labute approximate surface area is 153 Å². The fourth-order valence-corrected chi connectivity index (χ4v) is 3.78. The van der Waals surface area contributed by atoms with E-state index < -0.39 is 6.09 Å². The van der Waals surface area contributed by atoms with Crippen LogP contribution in [0.5, 0.6) is 5.75 Å². The number of benzene rings is 1. The molecule has 4 nitrogen and oxygen atoms in total. The molecule has 3 atom stereocenters. The van der Waals surface area contributed by atoms with Crippen LogP contribution in [0.15, 0.2) is 6.07 Å².